The lowest BCUT2D eigenvalue weighted by Crippen LogP contribution is -2.36. The number of para-hydroxylation sites is 1. The van der Waals surface area contributed by atoms with Crippen LogP contribution in [0.4, 0.5) is 5.95 Å². The number of aromatic nitrogens is 4. The van der Waals surface area contributed by atoms with Crippen LogP contribution >= 0.6 is 7.75 Å². The van der Waals surface area contributed by atoms with Crippen molar-refractivity contribution in [2.45, 2.75) is 37.8 Å². The van der Waals surface area contributed by atoms with Gasteiger partial charge in [-0.25, -0.2) is 9.55 Å². The van der Waals surface area contributed by atoms with Gasteiger partial charge in [-0.2, -0.15) is 10.1 Å². The number of methoxy groups -OCH3 is 1. The van der Waals surface area contributed by atoms with E-state index in [1.54, 1.807) is 30.3 Å². The Balaban J connectivity index is 1.49. The number of aromatic amines is 1. The van der Waals surface area contributed by atoms with Gasteiger partial charge in [0, 0.05) is 6.42 Å². The quantitative estimate of drug-likeness (QED) is 0.234. The van der Waals surface area contributed by atoms with Crippen molar-refractivity contribution in [1.29, 1.82) is 0 Å². The monoisotopic (exact) mass is 508 g/mol. The van der Waals surface area contributed by atoms with Gasteiger partial charge in [0.05, 0.1) is 26.1 Å². The summed E-state index contributed by atoms with van der Waals surface area (Å²) in [6.07, 6.45) is -1.20. The topological polar surface area (TPSA) is 193 Å². The van der Waals surface area contributed by atoms with Crippen molar-refractivity contribution < 1.29 is 33.0 Å². The zero-order valence-electron chi connectivity index (χ0n) is 18.9. The molecule has 0 bridgehead atoms. The SMILES string of the molecule is COC(=O)[C@H](C)NP(=O)(OCC1O[C@@H](n2cnc3c(=O)[nH]c(N)nc32)C[C@H]1O)Oc1ccccc1. The predicted molar refractivity (Wildman–Crippen MR) is 122 cm³/mol. The molecule has 0 aliphatic carbocycles. The number of imidazole rings is 1. The number of fused-ring (bicyclic) bond motifs is 1. The highest BCUT2D eigenvalue weighted by Gasteiger charge is 2.39. The lowest BCUT2D eigenvalue weighted by Gasteiger charge is -2.24. The Morgan fingerprint density at radius 2 is 2.17 bits per heavy atom. The first-order chi connectivity index (χ1) is 16.7. The zero-order chi connectivity index (χ0) is 25.2. The molecule has 1 saturated heterocycles. The number of nitrogens with two attached hydrogens (primary N) is 1. The van der Waals surface area contributed by atoms with Crippen LogP contribution in [0.25, 0.3) is 11.2 Å². The van der Waals surface area contributed by atoms with E-state index in [4.69, 9.17) is 19.5 Å². The number of nitrogens with one attached hydrogen (secondary N) is 2. The first-order valence-corrected chi connectivity index (χ1v) is 12.1. The predicted octanol–water partition coefficient (Wildman–Crippen LogP) is 0.705. The van der Waals surface area contributed by atoms with E-state index in [-0.39, 0.29) is 35.9 Å². The van der Waals surface area contributed by atoms with Gasteiger partial charge in [0.1, 0.15) is 24.1 Å². The van der Waals surface area contributed by atoms with Crippen LogP contribution in [0.2, 0.25) is 0 Å². The average molecular weight is 508 g/mol. The third-order valence-corrected chi connectivity index (χ3v) is 6.89. The number of nitrogens with zero attached hydrogens (tertiary/aromatic N) is 3. The second-order valence-electron chi connectivity index (χ2n) is 7.78. The fourth-order valence-electron chi connectivity index (χ4n) is 3.54. The van der Waals surface area contributed by atoms with Crippen molar-refractivity contribution in [1.82, 2.24) is 24.6 Å². The van der Waals surface area contributed by atoms with Crippen molar-refractivity contribution in [3.8, 4) is 5.75 Å². The van der Waals surface area contributed by atoms with Crippen molar-refractivity contribution in [2.75, 3.05) is 19.5 Å². The van der Waals surface area contributed by atoms with E-state index in [0.717, 1.165) is 0 Å². The van der Waals surface area contributed by atoms with Gasteiger partial charge in [-0.05, 0) is 19.1 Å². The number of carbonyl (C=O) groups excluding carboxylic acids is 1. The molecular weight excluding hydrogens is 483 g/mol. The van der Waals surface area contributed by atoms with Crippen molar-refractivity contribution in [3.63, 3.8) is 0 Å². The summed E-state index contributed by atoms with van der Waals surface area (Å²) in [6, 6.07) is 7.24. The average Bonchev–Trinajstić information content (AvgIpc) is 3.41. The molecular formula is C20H25N6O8P. The number of H-pyrrole nitrogens is 1. The minimum atomic E-state index is -4.11. The summed E-state index contributed by atoms with van der Waals surface area (Å²) in [5, 5.41) is 13.1. The third-order valence-electron chi connectivity index (χ3n) is 5.25. The first-order valence-electron chi connectivity index (χ1n) is 10.6. The summed E-state index contributed by atoms with van der Waals surface area (Å²) in [4.78, 5) is 34.4. The molecule has 0 radical (unpaired) electrons. The van der Waals surface area contributed by atoms with E-state index >= 15 is 0 Å². The minimum Gasteiger partial charge on any atom is -0.468 e. The van der Waals surface area contributed by atoms with Gasteiger partial charge >= 0.3 is 13.7 Å². The van der Waals surface area contributed by atoms with Crippen LogP contribution in [0.5, 0.6) is 5.75 Å². The first kappa shape index (κ1) is 24.8. The van der Waals surface area contributed by atoms with E-state index < -0.39 is 43.8 Å². The normalized spacial score (nSPS) is 22.5. The minimum absolute atomic E-state index is 0.0683. The molecule has 0 spiro atoms. The Labute approximate surface area is 199 Å². The smallest absolute Gasteiger partial charge is 0.459 e. The Bertz CT molecular complexity index is 1300. The number of hydrogen-bond acceptors (Lipinski definition) is 11. The van der Waals surface area contributed by atoms with Gasteiger partial charge in [0.2, 0.25) is 5.95 Å². The Morgan fingerprint density at radius 3 is 2.89 bits per heavy atom. The highest BCUT2D eigenvalue weighted by Crippen LogP contribution is 2.46. The molecule has 188 valence electrons. The number of esters is 1. The molecule has 35 heavy (non-hydrogen) atoms. The van der Waals surface area contributed by atoms with Crippen molar-refractivity contribution in [3.05, 3.63) is 47.0 Å². The number of rotatable bonds is 9. The lowest BCUT2D eigenvalue weighted by molar-refractivity contribution is -0.142. The lowest BCUT2D eigenvalue weighted by atomic mass is 10.2. The molecule has 15 heteroatoms. The maximum atomic E-state index is 13.5. The van der Waals surface area contributed by atoms with E-state index in [1.165, 1.54) is 24.9 Å². The van der Waals surface area contributed by atoms with Gasteiger partial charge in [-0.3, -0.25) is 23.7 Å². The Morgan fingerprint density at radius 1 is 1.43 bits per heavy atom. The number of nitrogen functional groups attached to an aromatic ring is 1. The van der Waals surface area contributed by atoms with Gasteiger partial charge in [0.15, 0.2) is 11.2 Å². The summed E-state index contributed by atoms with van der Waals surface area (Å²) in [6.45, 7) is 1.10. The Hall–Kier alpha value is -3.29. The number of ether oxygens (including phenoxy) is 2. The van der Waals surface area contributed by atoms with Crippen LogP contribution in [-0.4, -0.2) is 62.6 Å². The van der Waals surface area contributed by atoms with Crippen LogP contribution in [0.1, 0.15) is 19.6 Å². The van der Waals surface area contributed by atoms with E-state index in [0.29, 0.717) is 0 Å². The number of carbonyl (C=O) groups is 1. The molecule has 3 aromatic rings. The van der Waals surface area contributed by atoms with Crippen LogP contribution in [0, 0.1) is 0 Å². The summed E-state index contributed by atoms with van der Waals surface area (Å²) < 4.78 is 36.6. The number of hydrogen-bond donors (Lipinski definition) is 4. The molecule has 3 heterocycles. The second-order valence-corrected chi connectivity index (χ2v) is 9.47. The summed E-state index contributed by atoms with van der Waals surface area (Å²) in [5.41, 5.74) is 5.39. The van der Waals surface area contributed by atoms with Gasteiger partial charge < -0.3 is 24.8 Å². The molecule has 1 aliphatic rings. The molecule has 5 atom stereocenters. The van der Waals surface area contributed by atoms with Crippen LogP contribution in [-0.2, 0) is 23.4 Å². The fourth-order valence-corrected chi connectivity index (χ4v) is 5.04. The molecule has 1 fully saturated rings. The molecule has 2 aromatic heterocycles. The molecule has 14 nitrogen and oxygen atoms in total. The van der Waals surface area contributed by atoms with Crippen LogP contribution < -0.4 is 20.9 Å². The Kier molecular flexibility index (Phi) is 7.19. The molecule has 1 aromatic carbocycles. The summed E-state index contributed by atoms with van der Waals surface area (Å²) in [7, 11) is -2.91. The van der Waals surface area contributed by atoms with Crippen molar-refractivity contribution in [2.24, 2.45) is 0 Å². The summed E-state index contributed by atoms with van der Waals surface area (Å²) in [5.74, 6) is -0.520. The fraction of sp³-hybridized carbons (Fsp3) is 0.400. The second kappa shape index (κ2) is 10.1. The van der Waals surface area contributed by atoms with Gasteiger partial charge in [0.25, 0.3) is 5.56 Å². The number of benzene rings is 1. The molecule has 2 unspecified atom stereocenters. The molecule has 4 rings (SSSR count). The molecule has 1 aliphatic heterocycles. The summed E-state index contributed by atoms with van der Waals surface area (Å²) >= 11 is 0. The van der Waals surface area contributed by atoms with Crippen LogP contribution in [0.3, 0.4) is 0 Å². The maximum absolute atomic E-state index is 13.5. The van der Waals surface area contributed by atoms with Crippen LogP contribution in [0.15, 0.2) is 41.5 Å². The van der Waals surface area contributed by atoms with E-state index in [1.807, 2.05) is 0 Å². The van der Waals surface area contributed by atoms with Gasteiger partial charge in [-0.15, -0.1) is 0 Å². The van der Waals surface area contributed by atoms with E-state index in [2.05, 4.69) is 24.8 Å². The number of aliphatic hydroxyl groups is 1. The van der Waals surface area contributed by atoms with E-state index in [9.17, 15) is 19.3 Å². The molecule has 0 amide bonds. The molecule has 0 saturated carbocycles. The maximum Gasteiger partial charge on any atom is 0.459 e. The molecule has 5 N–H and O–H groups in total. The van der Waals surface area contributed by atoms with Gasteiger partial charge in [-0.1, -0.05) is 18.2 Å². The third kappa shape index (κ3) is 5.52. The van der Waals surface area contributed by atoms with Crippen molar-refractivity contribution >= 4 is 30.8 Å². The number of aliphatic hydroxyl groups excluding tert-OH is 1. The largest absolute Gasteiger partial charge is 0.468 e. The highest BCUT2D eigenvalue weighted by molar-refractivity contribution is 7.52. The zero-order valence-corrected chi connectivity index (χ0v) is 19.8. The number of anilines is 1. The standard InChI is InChI=1S/C20H25N6O8P/c1-11(19(29)31-2)25-35(30,34-12-6-4-3-5-7-12)32-9-14-13(27)8-15(33-14)26-10-22-16-17(26)23-20(21)24-18(16)28/h3-7,10-11,13-15,27H,8-9H2,1-2H3,(H,25,30)(H3,21,23,24,28)/t11-,13+,14?,15+,35?/m0/s1. The highest BCUT2D eigenvalue weighted by atomic mass is 31.2.